The zero-order valence-corrected chi connectivity index (χ0v) is 15.1. The van der Waals surface area contributed by atoms with E-state index in [1.165, 1.54) is 0 Å². The fraction of sp³-hybridized carbons (Fsp3) is 0.722. The summed E-state index contributed by atoms with van der Waals surface area (Å²) in [7, 11) is 0. The molecule has 0 aliphatic carbocycles. The van der Waals surface area contributed by atoms with Crippen molar-refractivity contribution in [1.29, 1.82) is 0 Å². The van der Waals surface area contributed by atoms with Crippen LogP contribution in [-0.2, 0) is 16.8 Å². The molecule has 1 saturated heterocycles. The van der Waals surface area contributed by atoms with Crippen LogP contribution in [0, 0.1) is 5.41 Å². The van der Waals surface area contributed by atoms with E-state index in [4.69, 9.17) is 0 Å². The predicted octanol–water partition coefficient (Wildman–Crippen LogP) is 2.21. The van der Waals surface area contributed by atoms with E-state index in [0.717, 1.165) is 17.8 Å². The first kappa shape index (κ1) is 18.8. The molecule has 0 aromatic carbocycles. The molecule has 0 radical (unpaired) electrons. The molecule has 2 heterocycles. The summed E-state index contributed by atoms with van der Waals surface area (Å²) in [5.41, 5.74) is -0.192. The number of likely N-dealkylation sites (tertiary alicyclic amines) is 1. The molecule has 6 heteroatoms. The Bertz CT molecular complexity index is 568. The molecule has 0 amide bonds. The van der Waals surface area contributed by atoms with Crippen molar-refractivity contribution in [2.24, 2.45) is 5.41 Å². The largest absolute Gasteiger partial charge is 0.481 e. The van der Waals surface area contributed by atoms with Gasteiger partial charge in [0.15, 0.2) is 0 Å². The van der Waals surface area contributed by atoms with Crippen molar-refractivity contribution >= 4 is 5.97 Å². The van der Waals surface area contributed by atoms with Gasteiger partial charge in [-0.3, -0.25) is 9.69 Å². The fourth-order valence-corrected chi connectivity index (χ4v) is 3.39. The summed E-state index contributed by atoms with van der Waals surface area (Å²) in [6.07, 6.45) is 4.56. The average Bonchev–Trinajstić information content (AvgIpc) is 2.50. The molecular weight excluding hydrogens is 306 g/mol. The predicted molar refractivity (Wildman–Crippen MR) is 91.6 cm³/mol. The highest BCUT2D eigenvalue weighted by atomic mass is 16.4. The summed E-state index contributed by atoms with van der Waals surface area (Å²) in [6, 6.07) is 0. The summed E-state index contributed by atoms with van der Waals surface area (Å²) >= 11 is 0. The maximum Gasteiger partial charge on any atom is 0.313 e. The van der Waals surface area contributed by atoms with Crippen LogP contribution in [0.1, 0.15) is 58.3 Å². The summed E-state index contributed by atoms with van der Waals surface area (Å²) in [5, 5.41) is 20.0. The molecule has 24 heavy (non-hydrogen) atoms. The molecule has 2 N–H and O–H groups in total. The molecule has 6 nitrogen and oxygen atoms in total. The molecule has 1 fully saturated rings. The lowest BCUT2D eigenvalue weighted by molar-refractivity contribution is -0.164. The van der Waals surface area contributed by atoms with Gasteiger partial charge in [0.2, 0.25) is 0 Å². The third-order valence-corrected chi connectivity index (χ3v) is 4.77. The highest BCUT2D eigenvalue weighted by Crippen LogP contribution is 2.36. The Morgan fingerprint density at radius 2 is 2.00 bits per heavy atom. The lowest BCUT2D eigenvalue weighted by atomic mass is 9.74. The molecule has 0 spiro atoms. The molecule has 2 rings (SSSR count). The summed E-state index contributed by atoms with van der Waals surface area (Å²) in [5.74, 6) is -0.105. The number of aromatic nitrogens is 2. The van der Waals surface area contributed by atoms with Crippen molar-refractivity contribution in [2.45, 2.75) is 65.0 Å². The van der Waals surface area contributed by atoms with Gasteiger partial charge >= 0.3 is 5.97 Å². The van der Waals surface area contributed by atoms with Crippen LogP contribution in [0.15, 0.2) is 12.4 Å². The van der Waals surface area contributed by atoms with Gasteiger partial charge < -0.3 is 10.2 Å². The van der Waals surface area contributed by atoms with Gasteiger partial charge in [-0.15, -0.1) is 0 Å². The number of carbonyl (C=O) groups is 1. The van der Waals surface area contributed by atoms with Crippen LogP contribution in [0.2, 0.25) is 0 Å². The summed E-state index contributed by atoms with van der Waals surface area (Å²) < 4.78 is 0. The number of carboxylic acid groups (broad SMARTS) is 1. The zero-order chi connectivity index (χ0) is 18.0. The molecule has 2 atom stereocenters. The number of hydrogen-bond acceptors (Lipinski definition) is 5. The number of nitrogens with zero attached hydrogens (tertiary/aromatic N) is 3. The standard InChI is InChI=1S/C18H29N3O3/c1-5-7-18(16(23)24)12-21(8-6-14(18)22)11-13-9-19-15(20-10-13)17(2,3)4/h9-10,14,22H,5-8,11-12H2,1-4H3,(H,23,24)/t14-,18-/m1/s1. The second kappa shape index (κ2) is 7.15. The van der Waals surface area contributed by atoms with Gasteiger partial charge in [-0.25, -0.2) is 9.97 Å². The SMILES string of the molecule is CCC[C@@]1(C(=O)O)CN(Cc2cnc(C(C)(C)C)nc2)CC[C@H]1O. The first-order valence-electron chi connectivity index (χ1n) is 8.64. The molecule has 134 valence electrons. The van der Waals surface area contributed by atoms with E-state index in [1.54, 1.807) is 0 Å². The second-order valence-electron chi connectivity index (χ2n) is 7.89. The van der Waals surface area contributed by atoms with E-state index >= 15 is 0 Å². The molecule has 0 bridgehead atoms. The molecule has 0 unspecified atom stereocenters. The summed E-state index contributed by atoms with van der Waals surface area (Å²) in [6.45, 7) is 9.81. The van der Waals surface area contributed by atoms with Crippen LogP contribution < -0.4 is 0 Å². The van der Waals surface area contributed by atoms with Crippen molar-refractivity contribution in [2.75, 3.05) is 13.1 Å². The van der Waals surface area contributed by atoms with Crippen molar-refractivity contribution in [3.63, 3.8) is 0 Å². The lowest BCUT2D eigenvalue weighted by Gasteiger charge is -2.43. The summed E-state index contributed by atoms with van der Waals surface area (Å²) in [4.78, 5) is 22.8. The van der Waals surface area contributed by atoms with Crippen LogP contribution in [0.3, 0.4) is 0 Å². The Labute approximate surface area is 143 Å². The minimum atomic E-state index is -1.07. The maximum absolute atomic E-state index is 11.8. The van der Waals surface area contributed by atoms with Gasteiger partial charge in [-0.05, 0) is 12.8 Å². The van der Waals surface area contributed by atoms with Gasteiger partial charge in [0.25, 0.3) is 0 Å². The van der Waals surface area contributed by atoms with Crippen LogP contribution in [0.4, 0.5) is 0 Å². The smallest absolute Gasteiger partial charge is 0.313 e. The molecule has 1 aliphatic rings. The first-order chi connectivity index (χ1) is 11.2. The Balaban J connectivity index is 2.11. The average molecular weight is 335 g/mol. The van der Waals surface area contributed by atoms with E-state index in [2.05, 4.69) is 35.6 Å². The minimum Gasteiger partial charge on any atom is -0.481 e. The highest BCUT2D eigenvalue weighted by Gasteiger charge is 2.48. The van der Waals surface area contributed by atoms with Crippen molar-refractivity contribution in [3.8, 4) is 0 Å². The number of aliphatic hydroxyl groups is 1. The van der Waals surface area contributed by atoms with Gasteiger partial charge in [0, 0.05) is 43.0 Å². The van der Waals surface area contributed by atoms with Crippen molar-refractivity contribution < 1.29 is 15.0 Å². The lowest BCUT2D eigenvalue weighted by Crippen LogP contribution is -2.55. The quantitative estimate of drug-likeness (QED) is 0.858. The monoisotopic (exact) mass is 335 g/mol. The minimum absolute atomic E-state index is 0.0899. The van der Waals surface area contributed by atoms with E-state index in [0.29, 0.717) is 32.5 Å². The van der Waals surface area contributed by atoms with Crippen LogP contribution >= 0.6 is 0 Å². The molecule has 0 saturated carbocycles. The van der Waals surface area contributed by atoms with Crippen LogP contribution in [-0.4, -0.2) is 50.2 Å². The normalized spacial score (nSPS) is 25.6. The number of piperidine rings is 1. The third-order valence-electron chi connectivity index (χ3n) is 4.77. The van der Waals surface area contributed by atoms with Gasteiger partial charge in [-0.2, -0.15) is 0 Å². The first-order valence-corrected chi connectivity index (χ1v) is 8.64. The molecule has 1 aromatic rings. The highest BCUT2D eigenvalue weighted by molar-refractivity contribution is 5.76. The van der Waals surface area contributed by atoms with Crippen LogP contribution in [0.25, 0.3) is 0 Å². The number of hydrogen-bond donors (Lipinski definition) is 2. The zero-order valence-electron chi connectivity index (χ0n) is 15.1. The Hall–Kier alpha value is -1.53. The number of aliphatic carboxylic acids is 1. The van der Waals surface area contributed by atoms with Crippen molar-refractivity contribution in [1.82, 2.24) is 14.9 Å². The molecular formula is C18H29N3O3. The Kier molecular flexibility index (Phi) is 5.60. The van der Waals surface area contributed by atoms with E-state index in [9.17, 15) is 15.0 Å². The molecule has 1 aliphatic heterocycles. The van der Waals surface area contributed by atoms with E-state index in [1.807, 2.05) is 19.3 Å². The van der Waals surface area contributed by atoms with Gasteiger partial charge in [0.05, 0.1) is 6.10 Å². The van der Waals surface area contributed by atoms with Crippen LogP contribution in [0.5, 0.6) is 0 Å². The Morgan fingerprint density at radius 3 is 2.50 bits per heavy atom. The topological polar surface area (TPSA) is 86.5 Å². The van der Waals surface area contributed by atoms with Gasteiger partial charge in [0.1, 0.15) is 11.2 Å². The van der Waals surface area contributed by atoms with Crippen molar-refractivity contribution in [3.05, 3.63) is 23.8 Å². The second-order valence-corrected chi connectivity index (χ2v) is 7.89. The number of rotatable bonds is 5. The Morgan fingerprint density at radius 1 is 1.38 bits per heavy atom. The van der Waals surface area contributed by atoms with E-state index in [-0.39, 0.29) is 5.41 Å². The van der Waals surface area contributed by atoms with Gasteiger partial charge in [-0.1, -0.05) is 34.1 Å². The number of carboxylic acids is 1. The fourth-order valence-electron chi connectivity index (χ4n) is 3.39. The van der Waals surface area contributed by atoms with E-state index < -0.39 is 17.5 Å². The maximum atomic E-state index is 11.8. The molecule has 1 aromatic heterocycles. The number of aliphatic hydroxyl groups excluding tert-OH is 1. The third kappa shape index (κ3) is 3.92.